The maximum Gasteiger partial charge on any atom is 0.227 e. The fourth-order valence-electron chi connectivity index (χ4n) is 7.19. The van der Waals surface area contributed by atoms with Gasteiger partial charge in [0.1, 0.15) is 5.52 Å². The highest BCUT2D eigenvalue weighted by Crippen LogP contribution is 2.44. The molecule has 10 rings (SSSR count). The monoisotopic (exact) mass is 644 g/mol. The van der Waals surface area contributed by atoms with Crippen molar-refractivity contribution in [2.75, 3.05) is 4.90 Å². The second-order valence-corrected chi connectivity index (χ2v) is 13.5. The number of para-hydroxylation sites is 1. The van der Waals surface area contributed by atoms with Crippen molar-refractivity contribution in [3.63, 3.8) is 0 Å². The van der Waals surface area contributed by atoms with Gasteiger partial charge in [0.2, 0.25) is 5.89 Å². The molecule has 0 bridgehead atoms. The first kappa shape index (κ1) is 27.8. The van der Waals surface area contributed by atoms with E-state index < -0.39 is 0 Å². The molecule has 0 saturated carbocycles. The molecule has 0 aliphatic rings. The van der Waals surface area contributed by atoms with E-state index in [-0.39, 0.29) is 0 Å². The molecule has 2 heterocycles. The van der Waals surface area contributed by atoms with Crippen LogP contribution < -0.4 is 4.90 Å². The van der Waals surface area contributed by atoms with Gasteiger partial charge in [0.25, 0.3) is 0 Å². The van der Waals surface area contributed by atoms with E-state index in [0.717, 1.165) is 49.9 Å². The Hall–Kier alpha value is -6.23. The fourth-order valence-corrected chi connectivity index (χ4v) is 8.28. The van der Waals surface area contributed by atoms with Gasteiger partial charge in [-0.05, 0) is 100 Å². The first-order chi connectivity index (χ1) is 24.3. The highest BCUT2D eigenvalue weighted by molar-refractivity contribution is 7.25. The van der Waals surface area contributed by atoms with Crippen LogP contribution in [0.5, 0.6) is 0 Å². The quantitative estimate of drug-likeness (QED) is 0.175. The van der Waals surface area contributed by atoms with Gasteiger partial charge in [0.05, 0.1) is 0 Å². The molecule has 10 aromatic rings. The van der Waals surface area contributed by atoms with Crippen LogP contribution in [0.4, 0.5) is 17.1 Å². The molecular formula is C45H28N2OS. The minimum atomic E-state index is 0.627. The van der Waals surface area contributed by atoms with Gasteiger partial charge >= 0.3 is 0 Å². The lowest BCUT2D eigenvalue weighted by Gasteiger charge is -2.26. The van der Waals surface area contributed by atoms with Gasteiger partial charge in [-0.2, -0.15) is 0 Å². The lowest BCUT2D eigenvalue weighted by Crippen LogP contribution is -2.09. The Labute approximate surface area is 286 Å². The summed E-state index contributed by atoms with van der Waals surface area (Å²) >= 11 is 1.84. The van der Waals surface area contributed by atoms with E-state index in [9.17, 15) is 0 Å². The van der Waals surface area contributed by atoms with E-state index in [1.165, 1.54) is 36.7 Å². The van der Waals surface area contributed by atoms with E-state index in [2.05, 4.69) is 144 Å². The number of benzene rings is 8. The molecule has 0 N–H and O–H groups in total. The van der Waals surface area contributed by atoms with Crippen LogP contribution >= 0.6 is 11.3 Å². The fraction of sp³-hybridized carbons (Fsp3) is 0. The molecular weight excluding hydrogens is 617 g/mol. The molecule has 4 heteroatoms. The summed E-state index contributed by atoms with van der Waals surface area (Å²) in [6, 6.07) is 60.4. The Morgan fingerprint density at radius 1 is 0.469 bits per heavy atom. The summed E-state index contributed by atoms with van der Waals surface area (Å²) in [5.41, 5.74) is 8.26. The maximum atomic E-state index is 6.65. The molecule has 0 radical (unpaired) electrons. The van der Waals surface area contributed by atoms with Crippen LogP contribution in [0.25, 0.3) is 75.4 Å². The molecule has 8 aromatic carbocycles. The lowest BCUT2D eigenvalue weighted by molar-refractivity contribution is 0.623. The molecule has 0 aliphatic carbocycles. The summed E-state index contributed by atoms with van der Waals surface area (Å²) in [5.74, 6) is 0.627. The Balaban J connectivity index is 1.26. The zero-order valence-corrected chi connectivity index (χ0v) is 27.2. The molecule has 49 heavy (non-hydrogen) atoms. The van der Waals surface area contributed by atoms with Gasteiger partial charge < -0.3 is 9.32 Å². The van der Waals surface area contributed by atoms with E-state index in [1.54, 1.807) is 0 Å². The Bertz CT molecular complexity index is 2820. The summed E-state index contributed by atoms with van der Waals surface area (Å²) in [7, 11) is 0. The summed E-state index contributed by atoms with van der Waals surface area (Å²) < 4.78 is 9.24. The number of rotatable bonds is 5. The molecule has 0 aliphatic heterocycles. The van der Waals surface area contributed by atoms with Crippen LogP contribution in [0.2, 0.25) is 0 Å². The third kappa shape index (κ3) is 4.61. The van der Waals surface area contributed by atoms with Crippen LogP contribution in [0, 0.1) is 0 Å². The minimum Gasteiger partial charge on any atom is -0.435 e. The van der Waals surface area contributed by atoms with Crippen molar-refractivity contribution in [2.45, 2.75) is 0 Å². The van der Waals surface area contributed by atoms with Crippen molar-refractivity contribution in [3.8, 4) is 22.6 Å². The molecule has 0 saturated heterocycles. The largest absolute Gasteiger partial charge is 0.435 e. The zero-order valence-electron chi connectivity index (χ0n) is 26.4. The summed E-state index contributed by atoms with van der Waals surface area (Å²) in [6.45, 7) is 0. The number of hydrogen-bond donors (Lipinski definition) is 0. The molecule has 0 amide bonds. The van der Waals surface area contributed by atoms with Crippen molar-refractivity contribution in [1.29, 1.82) is 0 Å². The third-order valence-electron chi connectivity index (χ3n) is 9.45. The van der Waals surface area contributed by atoms with Crippen molar-refractivity contribution in [2.24, 2.45) is 0 Å². The van der Waals surface area contributed by atoms with Crippen LogP contribution in [-0.4, -0.2) is 4.98 Å². The van der Waals surface area contributed by atoms with Gasteiger partial charge in [0, 0.05) is 48.2 Å². The summed E-state index contributed by atoms with van der Waals surface area (Å²) in [6.07, 6.45) is 0. The smallest absolute Gasteiger partial charge is 0.227 e. The van der Waals surface area contributed by atoms with Crippen molar-refractivity contribution in [3.05, 3.63) is 170 Å². The SMILES string of the molecule is c1ccc(-c2nc3ccc4cc(-c5ccccc5)c5ccc(N(c6ccccc6)c6ccc7sc8ccccc8c7c6)cc5c4c3o2)cc1. The third-order valence-corrected chi connectivity index (χ3v) is 10.6. The first-order valence-electron chi connectivity index (χ1n) is 16.5. The number of aromatic nitrogens is 1. The topological polar surface area (TPSA) is 29.3 Å². The summed E-state index contributed by atoms with van der Waals surface area (Å²) in [4.78, 5) is 7.31. The molecule has 0 spiro atoms. The molecule has 0 atom stereocenters. The van der Waals surface area contributed by atoms with Crippen LogP contribution in [0.3, 0.4) is 0 Å². The van der Waals surface area contributed by atoms with E-state index in [4.69, 9.17) is 9.40 Å². The highest BCUT2D eigenvalue weighted by Gasteiger charge is 2.20. The second-order valence-electron chi connectivity index (χ2n) is 12.4. The van der Waals surface area contributed by atoms with Gasteiger partial charge in [-0.15, -0.1) is 11.3 Å². The molecule has 0 unspecified atom stereocenters. The van der Waals surface area contributed by atoms with Crippen LogP contribution in [0.1, 0.15) is 0 Å². The van der Waals surface area contributed by atoms with E-state index in [0.29, 0.717) is 5.89 Å². The molecule has 2 aromatic heterocycles. The van der Waals surface area contributed by atoms with Crippen molar-refractivity contribution < 1.29 is 4.42 Å². The first-order valence-corrected chi connectivity index (χ1v) is 17.3. The predicted octanol–water partition coefficient (Wildman–Crippen LogP) is 13.3. The second kappa shape index (κ2) is 11.2. The minimum absolute atomic E-state index is 0.627. The highest BCUT2D eigenvalue weighted by atomic mass is 32.1. The predicted molar refractivity (Wildman–Crippen MR) is 207 cm³/mol. The van der Waals surface area contributed by atoms with Gasteiger partial charge in [-0.3, -0.25) is 0 Å². The number of hydrogen-bond acceptors (Lipinski definition) is 4. The summed E-state index contributed by atoms with van der Waals surface area (Å²) in [5, 5.41) is 7.03. The number of oxazole rings is 1. The van der Waals surface area contributed by atoms with E-state index >= 15 is 0 Å². The van der Waals surface area contributed by atoms with Crippen molar-refractivity contribution >= 4 is 81.2 Å². The van der Waals surface area contributed by atoms with E-state index in [1.807, 2.05) is 41.7 Å². The van der Waals surface area contributed by atoms with Gasteiger partial charge in [-0.25, -0.2) is 4.98 Å². The lowest BCUT2D eigenvalue weighted by atomic mass is 9.92. The molecule has 3 nitrogen and oxygen atoms in total. The Morgan fingerprint density at radius 2 is 1.12 bits per heavy atom. The normalized spacial score (nSPS) is 11.7. The number of anilines is 3. The van der Waals surface area contributed by atoms with Crippen molar-refractivity contribution in [1.82, 2.24) is 4.98 Å². The average Bonchev–Trinajstić information content (AvgIpc) is 3.77. The number of fused-ring (bicyclic) bond motifs is 8. The van der Waals surface area contributed by atoms with Crippen LogP contribution in [0.15, 0.2) is 174 Å². The average molecular weight is 645 g/mol. The Morgan fingerprint density at radius 3 is 1.92 bits per heavy atom. The van der Waals surface area contributed by atoms with Gasteiger partial charge in [-0.1, -0.05) is 97.1 Å². The Kier molecular flexibility index (Phi) is 6.36. The van der Waals surface area contributed by atoms with Crippen LogP contribution in [-0.2, 0) is 0 Å². The van der Waals surface area contributed by atoms with Gasteiger partial charge in [0.15, 0.2) is 5.58 Å². The maximum absolute atomic E-state index is 6.65. The zero-order chi connectivity index (χ0) is 32.3. The number of nitrogens with zero attached hydrogens (tertiary/aromatic N) is 2. The number of thiophene rings is 1. The molecule has 0 fully saturated rings. The standard InChI is InChI=1S/C45H28N2OS/c1-4-12-29(13-5-1)37-26-31-20-24-40-44(48-45(46-40)30-14-6-2-7-15-30)43(31)39-28-33(21-23-35(37)39)47(32-16-8-3-9-17-32)34-22-25-42-38(27-34)36-18-10-11-19-41(36)49-42/h1-28H. The molecule has 230 valence electrons.